The number of hydrogen-bond donors (Lipinski definition) is 0. The summed E-state index contributed by atoms with van der Waals surface area (Å²) in [4.78, 5) is 4.34. The molecule has 0 aliphatic heterocycles. The van der Waals surface area contributed by atoms with E-state index < -0.39 is 0 Å². The number of pyridine rings is 1. The molecule has 0 amide bonds. The Hall–Kier alpha value is -1.83. The molecule has 2 aromatic heterocycles. The quantitative estimate of drug-likeness (QED) is 0.540. The second-order valence-corrected chi connectivity index (χ2v) is 3.87. The van der Waals surface area contributed by atoms with Gasteiger partial charge in [-0.1, -0.05) is 18.2 Å². The predicted molar refractivity (Wildman–Crippen MR) is 63.0 cm³/mol. The van der Waals surface area contributed by atoms with Gasteiger partial charge in [0.25, 0.3) is 0 Å². The molecule has 0 N–H and O–H groups in total. The molecule has 0 spiro atoms. The number of nitrogens with zero attached hydrogens (tertiary/aromatic N) is 2. The molecule has 0 fully saturated rings. The van der Waals surface area contributed by atoms with E-state index in [4.69, 9.17) is 0 Å². The van der Waals surface area contributed by atoms with Crippen LogP contribution in [0, 0.1) is 6.92 Å². The van der Waals surface area contributed by atoms with Gasteiger partial charge in [-0.15, -0.1) is 0 Å². The molecular formula is C13H12N2. The highest BCUT2D eigenvalue weighted by molar-refractivity contribution is 6.08. The van der Waals surface area contributed by atoms with Gasteiger partial charge in [0.2, 0.25) is 0 Å². The van der Waals surface area contributed by atoms with E-state index in [0.717, 1.165) is 5.69 Å². The third-order valence-corrected chi connectivity index (χ3v) is 3.00. The Kier molecular flexibility index (Phi) is 1.60. The third-order valence-electron chi connectivity index (χ3n) is 3.00. The SMILES string of the molecule is Cc1nccc2c3ccccc3n(C)c12. The molecule has 74 valence electrons. The topological polar surface area (TPSA) is 17.8 Å². The highest BCUT2D eigenvalue weighted by Gasteiger charge is 2.08. The average Bonchev–Trinajstić information content (AvgIpc) is 2.55. The number of fused-ring (bicyclic) bond motifs is 3. The van der Waals surface area contributed by atoms with Crippen LogP contribution in [0.3, 0.4) is 0 Å². The van der Waals surface area contributed by atoms with Crippen molar-refractivity contribution in [3.63, 3.8) is 0 Å². The maximum Gasteiger partial charge on any atom is 0.0704 e. The van der Waals surface area contributed by atoms with Crippen molar-refractivity contribution < 1.29 is 0 Å². The molecule has 0 radical (unpaired) electrons. The van der Waals surface area contributed by atoms with Crippen molar-refractivity contribution in [3.8, 4) is 0 Å². The van der Waals surface area contributed by atoms with Crippen molar-refractivity contribution in [3.05, 3.63) is 42.2 Å². The number of benzene rings is 1. The van der Waals surface area contributed by atoms with Crippen LogP contribution in [0.2, 0.25) is 0 Å². The first-order valence-electron chi connectivity index (χ1n) is 5.08. The summed E-state index contributed by atoms with van der Waals surface area (Å²) in [5, 5.41) is 2.60. The average molecular weight is 196 g/mol. The molecule has 1 aromatic carbocycles. The molecule has 0 bridgehead atoms. The van der Waals surface area contributed by atoms with Gasteiger partial charge in [-0.25, -0.2) is 0 Å². The first-order valence-corrected chi connectivity index (χ1v) is 5.08. The fraction of sp³-hybridized carbons (Fsp3) is 0.154. The van der Waals surface area contributed by atoms with Crippen molar-refractivity contribution in [2.75, 3.05) is 0 Å². The molecule has 0 atom stereocenters. The van der Waals surface area contributed by atoms with Crippen molar-refractivity contribution in [2.45, 2.75) is 6.92 Å². The lowest BCUT2D eigenvalue weighted by Gasteiger charge is -1.99. The fourth-order valence-electron chi connectivity index (χ4n) is 2.31. The van der Waals surface area contributed by atoms with Gasteiger partial charge in [-0.05, 0) is 19.1 Å². The molecule has 3 rings (SSSR count). The van der Waals surface area contributed by atoms with E-state index in [2.05, 4.69) is 53.9 Å². The van der Waals surface area contributed by atoms with Gasteiger partial charge < -0.3 is 4.57 Å². The molecule has 2 nitrogen and oxygen atoms in total. The Bertz CT molecular complexity index is 650. The van der Waals surface area contributed by atoms with E-state index in [1.807, 2.05) is 6.20 Å². The molecule has 0 saturated carbocycles. The van der Waals surface area contributed by atoms with Gasteiger partial charge in [0.1, 0.15) is 0 Å². The zero-order valence-corrected chi connectivity index (χ0v) is 8.86. The monoisotopic (exact) mass is 196 g/mol. The lowest BCUT2D eigenvalue weighted by atomic mass is 10.2. The Labute approximate surface area is 88.2 Å². The molecule has 0 aliphatic rings. The third kappa shape index (κ3) is 1.02. The summed E-state index contributed by atoms with van der Waals surface area (Å²) < 4.78 is 2.22. The summed E-state index contributed by atoms with van der Waals surface area (Å²) in [6.07, 6.45) is 1.88. The summed E-state index contributed by atoms with van der Waals surface area (Å²) in [6.45, 7) is 2.06. The van der Waals surface area contributed by atoms with Crippen molar-refractivity contribution in [1.82, 2.24) is 9.55 Å². The summed E-state index contributed by atoms with van der Waals surface area (Å²) >= 11 is 0. The minimum absolute atomic E-state index is 1.09. The number of hydrogen-bond acceptors (Lipinski definition) is 1. The van der Waals surface area contributed by atoms with Crippen molar-refractivity contribution in [1.29, 1.82) is 0 Å². The van der Waals surface area contributed by atoms with E-state index in [-0.39, 0.29) is 0 Å². The molecule has 0 unspecified atom stereocenters. The second kappa shape index (κ2) is 2.83. The van der Waals surface area contributed by atoms with Crippen LogP contribution in [0.15, 0.2) is 36.5 Å². The maximum absolute atomic E-state index is 4.34. The number of aryl methyl sites for hydroxylation is 2. The van der Waals surface area contributed by atoms with Gasteiger partial charge in [-0.2, -0.15) is 0 Å². The Balaban J connectivity index is 2.69. The van der Waals surface area contributed by atoms with Gasteiger partial charge in [0.15, 0.2) is 0 Å². The van der Waals surface area contributed by atoms with Crippen LogP contribution in [0.5, 0.6) is 0 Å². The molecule has 2 heteroatoms. The van der Waals surface area contributed by atoms with Crippen LogP contribution in [-0.4, -0.2) is 9.55 Å². The summed E-state index contributed by atoms with van der Waals surface area (Å²) in [7, 11) is 2.10. The minimum atomic E-state index is 1.09. The number of rotatable bonds is 0. The van der Waals surface area contributed by atoms with Gasteiger partial charge >= 0.3 is 0 Å². The number of para-hydroxylation sites is 1. The van der Waals surface area contributed by atoms with Crippen LogP contribution in [0.4, 0.5) is 0 Å². The van der Waals surface area contributed by atoms with Crippen LogP contribution in [0.1, 0.15) is 5.69 Å². The molecule has 2 heterocycles. The first kappa shape index (κ1) is 8.48. The van der Waals surface area contributed by atoms with E-state index in [9.17, 15) is 0 Å². The molecule has 0 saturated heterocycles. The van der Waals surface area contributed by atoms with Crippen LogP contribution >= 0.6 is 0 Å². The first-order chi connectivity index (χ1) is 7.29. The normalized spacial score (nSPS) is 11.3. The molecule has 3 aromatic rings. The zero-order chi connectivity index (χ0) is 10.4. The highest BCUT2D eigenvalue weighted by Crippen LogP contribution is 2.28. The Morgan fingerprint density at radius 1 is 1.07 bits per heavy atom. The standard InChI is InChI=1S/C13H12N2/c1-9-13-11(7-8-14-9)10-5-3-4-6-12(10)15(13)2/h3-8H,1-2H3. The number of aromatic nitrogens is 2. The summed E-state index contributed by atoms with van der Waals surface area (Å²) in [5.41, 5.74) is 3.59. The molecule has 15 heavy (non-hydrogen) atoms. The zero-order valence-electron chi connectivity index (χ0n) is 8.86. The lowest BCUT2D eigenvalue weighted by molar-refractivity contribution is 0.997. The molecule has 0 aliphatic carbocycles. The van der Waals surface area contributed by atoms with Crippen molar-refractivity contribution in [2.24, 2.45) is 7.05 Å². The predicted octanol–water partition coefficient (Wildman–Crippen LogP) is 3.03. The summed E-state index contributed by atoms with van der Waals surface area (Å²) in [5.74, 6) is 0. The fourth-order valence-corrected chi connectivity index (χ4v) is 2.31. The van der Waals surface area contributed by atoms with E-state index in [1.54, 1.807) is 0 Å². The van der Waals surface area contributed by atoms with Crippen LogP contribution < -0.4 is 0 Å². The lowest BCUT2D eigenvalue weighted by Crippen LogP contribution is -1.90. The van der Waals surface area contributed by atoms with E-state index in [1.165, 1.54) is 21.8 Å². The van der Waals surface area contributed by atoms with Gasteiger partial charge in [0, 0.05) is 29.5 Å². The van der Waals surface area contributed by atoms with E-state index >= 15 is 0 Å². The molecular weight excluding hydrogens is 184 g/mol. The van der Waals surface area contributed by atoms with Crippen LogP contribution in [-0.2, 0) is 7.05 Å². The largest absolute Gasteiger partial charge is 0.342 e. The van der Waals surface area contributed by atoms with Gasteiger partial charge in [-0.3, -0.25) is 4.98 Å². The Morgan fingerprint density at radius 2 is 1.87 bits per heavy atom. The summed E-state index contributed by atoms with van der Waals surface area (Å²) in [6, 6.07) is 10.6. The smallest absolute Gasteiger partial charge is 0.0704 e. The minimum Gasteiger partial charge on any atom is -0.342 e. The van der Waals surface area contributed by atoms with Crippen molar-refractivity contribution >= 4 is 21.8 Å². The highest BCUT2D eigenvalue weighted by atomic mass is 15.0. The van der Waals surface area contributed by atoms with Crippen LogP contribution in [0.25, 0.3) is 21.8 Å². The van der Waals surface area contributed by atoms with Gasteiger partial charge in [0.05, 0.1) is 11.2 Å². The second-order valence-electron chi connectivity index (χ2n) is 3.87. The Morgan fingerprint density at radius 3 is 2.73 bits per heavy atom. The van der Waals surface area contributed by atoms with E-state index in [0.29, 0.717) is 0 Å². The maximum atomic E-state index is 4.34.